The van der Waals surface area contributed by atoms with Crippen molar-refractivity contribution in [3.05, 3.63) is 58.7 Å². The zero-order chi connectivity index (χ0) is 17.4. The lowest BCUT2D eigenvalue weighted by Crippen LogP contribution is -1.91. The topological polar surface area (TPSA) is 9.23 Å². The Morgan fingerprint density at radius 3 is 1.62 bits per heavy atom. The van der Waals surface area contributed by atoms with Crippen LogP contribution in [0.4, 0.5) is 0 Å². The normalized spacial score (nSPS) is 8.42. The molecule has 0 aromatic heterocycles. The highest BCUT2D eigenvalue weighted by Gasteiger charge is 2.05. The fourth-order valence-electron chi connectivity index (χ4n) is 2.15. The molecule has 2 aromatic carbocycles. The summed E-state index contributed by atoms with van der Waals surface area (Å²) in [6.07, 6.45) is 5.55. The Kier molecular flexibility index (Phi) is 5.76. The van der Waals surface area contributed by atoms with Gasteiger partial charge >= 0.3 is 0 Å². The average Bonchev–Trinajstić information content (AvgIpc) is 2.59. The molecule has 0 heterocycles. The second-order valence-corrected chi connectivity index (χ2v) is 4.79. The molecule has 0 spiro atoms. The van der Waals surface area contributed by atoms with Gasteiger partial charge in [0.2, 0.25) is 0 Å². The lowest BCUT2D eigenvalue weighted by Gasteiger charge is -2.08. The minimum Gasteiger partial charge on any atom is -0.457 e. The van der Waals surface area contributed by atoms with Crippen LogP contribution in [0.3, 0.4) is 0 Å². The van der Waals surface area contributed by atoms with Crippen molar-refractivity contribution >= 4 is 0 Å². The van der Waals surface area contributed by atoms with E-state index in [2.05, 4.69) is 41.4 Å². The van der Waals surface area contributed by atoms with Gasteiger partial charge in [-0.25, -0.2) is 0 Å². The molecule has 0 amide bonds. The minimum atomic E-state index is 0.661. The Bertz CT molecular complexity index is 984. The van der Waals surface area contributed by atoms with Gasteiger partial charge in [-0.15, -0.1) is 24.2 Å². The van der Waals surface area contributed by atoms with E-state index in [1.54, 1.807) is 20.8 Å². The first-order valence-corrected chi connectivity index (χ1v) is 7.42. The van der Waals surface area contributed by atoms with Gasteiger partial charge in [0, 0.05) is 22.3 Å². The molecule has 0 aliphatic heterocycles. The van der Waals surface area contributed by atoms with Crippen LogP contribution in [0.25, 0.3) is 0 Å². The summed E-state index contributed by atoms with van der Waals surface area (Å²) < 4.78 is 5.91. The molecule has 2 rings (SSSR count). The van der Waals surface area contributed by atoms with Crippen LogP contribution in [-0.2, 0) is 0 Å². The SMILES string of the molecule is C#Cc1cc(Oc2ccc(C#CC)c(C#CC)c2)ccc1C#CC. The third-order valence-corrected chi connectivity index (χ3v) is 3.15. The molecule has 0 aliphatic rings. The largest absolute Gasteiger partial charge is 0.457 e. The van der Waals surface area contributed by atoms with E-state index in [4.69, 9.17) is 11.2 Å². The van der Waals surface area contributed by atoms with Crippen molar-refractivity contribution in [2.24, 2.45) is 0 Å². The number of hydrogen-bond acceptors (Lipinski definition) is 1. The van der Waals surface area contributed by atoms with Gasteiger partial charge < -0.3 is 4.74 Å². The highest BCUT2D eigenvalue weighted by atomic mass is 16.5. The number of hydrogen-bond donors (Lipinski definition) is 0. The Morgan fingerprint density at radius 2 is 1.12 bits per heavy atom. The lowest BCUT2D eigenvalue weighted by atomic mass is 10.1. The van der Waals surface area contributed by atoms with Crippen LogP contribution in [0.1, 0.15) is 43.0 Å². The molecule has 0 N–H and O–H groups in total. The number of benzene rings is 2. The standard InChI is InChI=1S/C23H16O/c1-5-9-19-12-14-22(16-18(19)8-4)24-23-15-13-20(10-6-2)21(17-23)11-7-3/h4,12-17H,1-3H3. The summed E-state index contributed by atoms with van der Waals surface area (Å²) in [4.78, 5) is 0. The van der Waals surface area contributed by atoms with Gasteiger partial charge in [-0.05, 0) is 57.2 Å². The first-order valence-electron chi connectivity index (χ1n) is 7.42. The van der Waals surface area contributed by atoms with Crippen molar-refractivity contribution < 1.29 is 4.74 Å². The maximum Gasteiger partial charge on any atom is 0.128 e. The fourth-order valence-corrected chi connectivity index (χ4v) is 2.15. The molecule has 24 heavy (non-hydrogen) atoms. The summed E-state index contributed by atoms with van der Waals surface area (Å²) >= 11 is 0. The molecular formula is C23H16O. The molecule has 0 fully saturated rings. The molecule has 1 nitrogen and oxygen atoms in total. The Morgan fingerprint density at radius 1 is 0.667 bits per heavy atom. The summed E-state index contributed by atoms with van der Waals surface area (Å²) in [6, 6.07) is 11.2. The quantitative estimate of drug-likeness (QED) is 0.738. The lowest BCUT2D eigenvalue weighted by molar-refractivity contribution is 0.482. The van der Waals surface area contributed by atoms with Crippen molar-refractivity contribution in [3.8, 4) is 59.4 Å². The van der Waals surface area contributed by atoms with Crippen LogP contribution in [0.5, 0.6) is 11.5 Å². The molecular weight excluding hydrogens is 292 g/mol. The Labute approximate surface area is 144 Å². The monoisotopic (exact) mass is 308 g/mol. The van der Waals surface area contributed by atoms with E-state index >= 15 is 0 Å². The third kappa shape index (κ3) is 4.02. The van der Waals surface area contributed by atoms with Crippen LogP contribution in [0, 0.1) is 47.9 Å². The van der Waals surface area contributed by atoms with Gasteiger partial charge in [0.25, 0.3) is 0 Å². The third-order valence-electron chi connectivity index (χ3n) is 3.15. The van der Waals surface area contributed by atoms with Gasteiger partial charge in [0.15, 0.2) is 0 Å². The molecule has 0 saturated carbocycles. The fraction of sp³-hybridized carbons (Fsp3) is 0.130. The number of rotatable bonds is 2. The Balaban J connectivity index is 2.38. The van der Waals surface area contributed by atoms with Crippen LogP contribution >= 0.6 is 0 Å². The van der Waals surface area contributed by atoms with Gasteiger partial charge in [0.1, 0.15) is 11.5 Å². The molecule has 0 atom stereocenters. The molecule has 0 bridgehead atoms. The van der Waals surface area contributed by atoms with Crippen LogP contribution in [-0.4, -0.2) is 0 Å². The predicted octanol–water partition coefficient (Wildman–Crippen LogP) is 4.57. The summed E-state index contributed by atoms with van der Waals surface area (Å²) in [5.41, 5.74) is 3.26. The minimum absolute atomic E-state index is 0.661. The van der Waals surface area contributed by atoms with E-state index in [1.807, 2.05) is 36.4 Å². The van der Waals surface area contributed by atoms with Gasteiger partial charge in [-0.2, -0.15) is 0 Å². The number of terminal acetylenes is 1. The van der Waals surface area contributed by atoms with Crippen molar-refractivity contribution in [2.75, 3.05) is 0 Å². The molecule has 0 aliphatic carbocycles. The highest BCUT2D eigenvalue weighted by Crippen LogP contribution is 2.25. The van der Waals surface area contributed by atoms with Crippen molar-refractivity contribution in [1.82, 2.24) is 0 Å². The second-order valence-electron chi connectivity index (χ2n) is 4.79. The van der Waals surface area contributed by atoms with Gasteiger partial charge in [0.05, 0.1) is 0 Å². The molecule has 114 valence electrons. The highest BCUT2D eigenvalue weighted by molar-refractivity contribution is 5.55. The van der Waals surface area contributed by atoms with E-state index in [0.29, 0.717) is 17.1 Å². The summed E-state index contributed by atoms with van der Waals surface area (Å²) in [6.45, 7) is 5.38. The second kappa shape index (κ2) is 8.20. The molecule has 1 heteroatoms. The van der Waals surface area contributed by atoms with Crippen molar-refractivity contribution in [2.45, 2.75) is 20.8 Å². The average molecular weight is 308 g/mol. The molecule has 0 saturated heterocycles. The van der Waals surface area contributed by atoms with E-state index in [1.165, 1.54) is 0 Å². The summed E-state index contributed by atoms with van der Waals surface area (Å²) in [5.74, 6) is 21.7. The van der Waals surface area contributed by atoms with E-state index in [0.717, 1.165) is 16.7 Å². The van der Waals surface area contributed by atoms with Crippen LogP contribution in [0.2, 0.25) is 0 Å². The van der Waals surface area contributed by atoms with Crippen molar-refractivity contribution in [3.63, 3.8) is 0 Å². The molecule has 0 unspecified atom stereocenters. The maximum absolute atomic E-state index is 5.91. The first-order chi connectivity index (χ1) is 11.7. The van der Waals surface area contributed by atoms with Gasteiger partial charge in [-0.3, -0.25) is 0 Å². The predicted molar refractivity (Wildman–Crippen MR) is 98.5 cm³/mol. The smallest absolute Gasteiger partial charge is 0.128 e. The number of ether oxygens (including phenoxy) is 1. The summed E-state index contributed by atoms with van der Waals surface area (Å²) in [5, 5.41) is 0. The van der Waals surface area contributed by atoms with Crippen LogP contribution < -0.4 is 4.74 Å². The van der Waals surface area contributed by atoms with E-state index in [9.17, 15) is 0 Å². The molecule has 2 aromatic rings. The van der Waals surface area contributed by atoms with Crippen LogP contribution in [0.15, 0.2) is 36.4 Å². The van der Waals surface area contributed by atoms with E-state index in [-0.39, 0.29) is 0 Å². The van der Waals surface area contributed by atoms with Crippen molar-refractivity contribution in [1.29, 1.82) is 0 Å². The maximum atomic E-state index is 5.91. The zero-order valence-corrected chi connectivity index (χ0v) is 13.9. The summed E-state index contributed by atoms with van der Waals surface area (Å²) in [7, 11) is 0. The Hall–Kier alpha value is -3.52. The molecule has 0 radical (unpaired) electrons. The first kappa shape index (κ1) is 16.8. The van der Waals surface area contributed by atoms with Gasteiger partial charge in [-0.1, -0.05) is 23.7 Å². The van der Waals surface area contributed by atoms with E-state index < -0.39 is 0 Å². The zero-order valence-electron chi connectivity index (χ0n) is 13.9.